The van der Waals surface area contributed by atoms with Crippen LogP contribution in [0, 0.1) is 11.6 Å². The molecule has 0 radical (unpaired) electrons. The number of halogens is 3. The first-order valence-corrected chi connectivity index (χ1v) is 6.05. The molecule has 2 N–H and O–H groups in total. The number of rotatable bonds is 3. The van der Waals surface area contributed by atoms with E-state index in [2.05, 4.69) is 5.32 Å². The van der Waals surface area contributed by atoms with Crippen molar-refractivity contribution in [3.05, 3.63) is 64.2 Å². The number of hydrogen-bond acceptors (Lipinski definition) is 2. The van der Waals surface area contributed by atoms with Gasteiger partial charge in [0.15, 0.2) is 0 Å². The van der Waals surface area contributed by atoms with Crippen LogP contribution in [0.2, 0.25) is 5.02 Å². The van der Waals surface area contributed by atoms with E-state index in [1.165, 1.54) is 0 Å². The lowest BCUT2D eigenvalue weighted by atomic mass is 10.1. The van der Waals surface area contributed by atoms with Crippen LogP contribution < -0.4 is 5.32 Å². The van der Waals surface area contributed by atoms with Gasteiger partial charge in [-0.25, -0.2) is 8.78 Å². The number of hydrogen-bond donors (Lipinski definition) is 2. The van der Waals surface area contributed by atoms with Gasteiger partial charge in [0.25, 0.3) is 5.91 Å². The summed E-state index contributed by atoms with van der Waals surface area (Å²) in [4.78, 5) is 11.9. The minimum absolute atomic E-state index is 0.284. The minimum Gasteiger partial charge on any atom is -0.392 e. The maximum Gasteiger partial charge on any atom is 0.258 e. The number of aliphatic hydroxyl groups excluding tert-OH is 1. The fraction of sp³-hybridized carbons (Fsp3) is 0.0714. The molecule has 2 aromatic carbocycles. The molecule has 1 amide bonds. The van der Waals surface area contributed by atoms with Crippen molar-refractivity contribution in [2.24, 2.45) is 0 Å². The molecule has 104 valence electrons. The molecule has 0 aromatic heterocycles. The largest absolute Gasteiger partial charge is 0.392 e. The van der Waals surface area contributed by atoms with E-state index in [0.717, 1.165) is 12.1 Å². The number of carbonyl (C=O) groups excluding carboxylic acids is 1. The van der Waals surface area contributed by atoms with Gasteiger partial charge in [0, 0.05) is 11.3 Å². The van der Waals surface area contributed by atoms with Gasteiger partial charge in [-0.1, -0.05) is 29.8 Å². The maximum absolute atomic E-state index is 13.6. The summed E-state index contributed by atoms with van der Waals surface area (Å²) < 4.78 is 26.9. The van der Waals surface area contributed by atoms with Crippen molar-refractivity contribution in [1.82, 2.24) is 0 Å². The standard InChI is InChI=1S/C14H10ClF2NO2/c15-10-6-11(16)9(5-12(10)17)14(20)18-13-4-2-1-3-8(13)7-19/h1-6,19H,7H2,(H,18,20). The number of anilines is 1. The summed E-state index contributed by atoms with van der Waals surface area (Å²) in [6, 6.07) is 7.96. The lowest BCUT2D eigenvalue weighted by Crippen LogP contribution is -2.15. The molecule has 0 atom stereocenters. The van der Waals surface area contributed by atoms with Crippen LogP contribution >= 0.6 is 11.6 Å². The Morgan fingerprint density at radius 1 is 1.20 bits per heavy atom. The fourth-order valence-electron chi connectivity index (χ4n) is 1.67. The van der Waals surface area contributed by atoms with Crippen LogP contribution in [-0.2, 0) is 6.61 Å². The van der Waals surface area contributed by atoms with Crippen molar-refractivity contribution in [3.8, 4) is 0 Å². The zero-order valence-electron chi connectivity index (χ0n) is 10.2. The van der Waals surface area contributed by atoms with E-state index in [-0.39, 0.29) is 6.61 Å². The zero-order valence-corrected chi connectivity index (χ0v) is 10.9. The Kier molecular flexibility index (Phi) is 4.32. The molecule has 0 fully saturated rings. The number of benzene rings is 2. The third-order valence-electron chi connectivity index (χ3n) is 2.69. The molecule has 2 rings (SSSR count). The van der Waals surface area contributed by atoms with Crippen molar-refractivity contribution in [1.29, 1.82) is 0 Å². The Morgan fingerprint density at radius 3 is 2.60 bits per heavy atom. The van der Waals surface area contributed by atoms with Crippen molar-refractivity contribution in [2.75, 3.05) is 5.32 Å². The number of amides is 1. The first-order chi connectivity index (χ1) is 9.52. The van der Waals surface area contributed by atoms with Crippen LogP contribution in [0.15, 0.2) is 36.4 Å². The second kappa shape index (κ2) is 5.98. The topological polar surface area (TPSA) is 49.3 Å². The van der Waals surface area contributed by atoms with Crippen LogP contribution in [-0.4, -0.2) is 11.0 Å². The third kappa shape index (κ3) is 2.95. The Hall–Kier alpha value is -1.98. The maximum atomic E-state index is 13.6. The molecule has 0 aliphatic carbocycles. The molecular weight excluding hydrogens is 288 g/mol. The lowest BCUT2D eigenvalue weighted by molar-refractivity contribution is 0.102. The fourth-order valence-corrected chi connectivity index (χ4v) is 1.82. The van der Waals surface area contributed by atoms with E-state index in [4.69, 9.17) is 16.7 Å². The first-order valence-electron chi connectivity index (χ1n) is 5.67. The van der Waals surface area contributed by atoms with Gasteiger partial charge >= 0.3 is 0 Å². The molecule has 0 unspecified atom stereocenters. The van der Waals surface area contributed by atoms with Crippen LogP contribution in [0.25, 0.3) is 0 Å². The van der Waals surface area contributed by atoms with E-state index in [1.54, 1.807) is 24.3 Å². The van der Waals surface area contributed by atoms with E-state index in [0.29, 0.717) is 11.3 Å². The Bertz CT molecular complexity index is 662. The number of para-hydroxylation sites is 1. The quantitative estimate of drug-likeness (QED) is 0.854. The highest BCUT2D eigenvalue weighted by Crippen LogP contribution is 2.21. The molecule has 0 saturated carbocycles. The van der Waals surface area contributed by atoms with Crippen LogP contribution in [0.3, 0.4) is 0 Å². The van der Waals surface area contributed by atoms with Gasteiger partial charge in [-0.05, 0) is 18.2 Å². The Balaban J connectivity index is 2.31. The predicted molar refractivity (Wildman–Crippen MR) is 71.7 cm³/mol. The number of aliphatic hydroxyl groups is 1. The molecule has 0 heterocycles. The third-order valence-corrected chi connectivity index (χ3v) is 2.98. The summed E-state index contributed by atoms with van der Waals surface area (Å²) in [5, 5.41) is 11.2. The van der Waals surface area contributed by atoms with E-state index in [1.807, 2.05) is 0 Å². The van der Waals surface area contributed by atoms with Crippen molar-refractivity contribution >= 4 is 23.2 Å². The lowest BCUT2D eigenvalue weighted by Gasteiger charge is -2.10. The molecular formula is C14H10ClF2NO2. The van der Waals surface area contributed by atoms with Gasteiger partial charge in [-0.2, -0.15) is 0 Å². The van der Waals surface area contributed by atoms with Crippen LogP contribution in [0.4, 0.5) is 14.5 Å². The highest BCUT2D eigenvalue weighted by Gasteiger charge is 2.16. The Labute approximate surface area is 118 Å². The summed E-state index contributed by atoms with van der Waals surface area (Å²) >= 11 is 5.42. The summed E-state index contributed by atoms with van der Waals surface area (Å²) in [5.74, 6) is -2.62. The van der Waals surface area contributed by atoms with E-state index >= 15 is 0 Å². The van der Waals surface area contributed by atoms with Gasteiger partial charge < -0.3 is 10.4 Å². The van der Waals surface area contributed by atoms with Gasteiger partial charge in [0.1, 0.15) is 11.6 Å². The molecule has 6 heteroatoms. The average molecular weight is 298 g/mol. The number of nitrogens with one attached hydrogen (secondary N) is 1. The van der Waals surface area contributed by atoms with Crippen LogP contribution in [0.1, 0.15) is 15.9 Å². The minimum atomic E-state index is -0.921. The van der Waals surface area contributed by atoms with Gasteiger partial charge in [-0.3, -0.25) is 4.79 Å². The molecule has 3 nitrogen and oxygen atoms in total. The molecule has 20 heavy (non-hydrogen) atoms. The summed E-state index contributed by atoms with van der Waals surface area (Å²) in [5.41, 5.74) is 0.338. The second-order valence-electron chi connectivity index (χ2n) is 4.02. The molecule has 0 aliphatic heterocycles. The SMILES string of the molecule is O=C(Nc1ccccc1CO)c1cc(F)c(Cl)cc1F. The normalized spacial score (nSPS) is 10.4. The summed E-state index contributed by atoms with van der Waals surface area (Å²) in [6.07, 6.45) is 0. The molecule has 0 saturated heterocycles. The van der Waals surface area contributed by atoms with Gasteiger partial charge in [0.05, 0.1) is 17.2 Å². The summed E-state index contributed by atoms with van der Waals surface area (Å²) in [6.45, 7) is -0.284. The van der Waals surface area contributed by atoms with Crippen molar-refractivity contribution in [2.45, 2.75) is 6.61 Å². The molecule has 2 aromatic rings. The van der Waals surface area contributed by atoms with Gasteiger partial charge in [-0.15, -0.1) is 0 Å². The zero-order chi connectivity index (χ0) is 14.7. The molecule has 0 aliphatic rings. The van der Waals surface area contributed by atoms with E-state index < -0.39 is 28.1 Å². The first kappa shape index (κ1) is 14.4. The van der Waals surface area contributed by atoms with Crippen molar-refractivity contribution in [3.63, 3.8) is 0 Å². The smallest absolute Gasteiger partial charge is 0.258 e. The highest BCUT2D eigenvalue weighted by molar-refractivity contribution is 6.30. The average Bonchev–Trinajstić information content (AvgIpc) is 2.43. The van der Waals surface area contributed by atoms with Gasteiger partial charge in [0.2, 0.25) is 0 Å². The molecule has 0 spiro atoms. The van der Waals surface area contributed by atoms with E-state index in [9.17, 15) is 13.6 Å². The monoisotopic (exact) mass is 297 g/mol. The van der Waals surface area contributed by atoms with Crippen molar-refractivity contribution < 1.29 is 18.7 Å². The number of carbonyl (C=O) groups is 1. The summed E-state index contributed by atoms with van der Waals surface area (Å²) in [7, 11) is 0. The second-order valence-corrected chi connectivity index (χ2v) is 4.42. The highest BCUT2D eigenvalue weighted by atomic mass is 35.5. The van der Waals surface area contributed by atoms with Crippen LogP contribution in [0.5, 0.6) is 0 Å². The molecule has 0 bridgehead atoms. The Morgan fingerprint density at radius 2 is 1.90 bits per heavy atom. The predicted octanol–water partition coefficient (Wildman–Crippen LogP) is 3.36.